The number of halogens is 1. The van der Waals surface area contributed by atoms with E-state index < -0.39 is 22.0 Å². The van der Waals surface area contributed by atoms with E-state index in [2.05, 4.69) is 15.9 Å². The Balaban J connectivity index is 1.44. The smallest absolute Gasteiger partial charge is 0.351 e. The molecule has 3 aromatic rings. The van der Waals surface area contributed by atoms with Crippen LogP contribution in [0.15, 0.2) is 59.1 Å². The molecule has 0 spiro atoms. The lowest BCUT2D eigenvalue weighted by atomic mass is 10.1. The summed E-state index contributed by atoms with van der Waals surface area (Å²) < 4.78 is 49.5. The average molecular weight is 653 g/mol. The summed E-state index contributed by atoms with van der Waals surface area (Å²) >= 11 is 4.69. The molecule has 1 fully saturated rings. The van der Waals surface area contributed by atoms with Gasteiger partial charge in [0, 0.05) is 13.1 Å². The second kappa shape index (κ2) is 13.6. The Hall–Kier alpha value is -2.93. The number of ether oxygens (including phenoxy) is 4. The largest absolute Gasteiger partial charge is 0.490 e. The van der Waals surface area contributed by atoms with Gasteiger partial charge in [-0.2, -0.15) is 0 Å². The zero-order valence-electron chi connectivity index (χ0n) is 22.1. The van der Waals surface area contributed by atoms with E-state index in [1.165, 1.54) is 22.8 Å². The van der Waals surface area contributed by atoms with Crippen molar-refractivity contribution in [1.29, 1.82) is 0 Å². The van der Waals surface area contributed by atoms with Crippen LogP contribution in [-0.2, 0) is 30.0 Å². The molecule has 0 saturated carbocycles. The van der Waals surface area contributed by atoms with Gasteiger partial charge in [-0.25, -0.2) is 22.3 Å². The third-order valence-electron chi connectivity index (χ3n) is 6.20. The van der Waals surface area contributed by atoms with E-state index in [1.54, 1.807) is 6.92 Å². The molecular weight excluding hydrogens is 622 g/mol. The van der Waals surface area contributed by atoms with Crippen molar-refractivity contribution in [2.45, 2.75) is 31.6 Å². The number of rotatable bonds is 11. The summed E-state index contributed by atoms with van der Waals surface area (Å²) in [4.78, 5) is 25.2. The first-order chi connectivity index (χ1) is 19.2. The van der Waals surface area contributed by atoms with Gasteiger partial charge in [0.15, 0.2) is 17.2 Å². The van der Waals surface area contributed by atoms with Gasteiger partial charge < -0.3 is 18.9 Å². The van der Waals surface area contributed by atoms with Gasteiger partial charge in [0.05, 0.1) is 28.8 Å². The molecule has 9 nitrogen and oxygen atoms in total. The molecule has 2 heterocycles. The summed E-state index contributed by atoms with van der Waals surface area (Å²) in [5.74, 6) is -0.326. The molecule has 1 saturated heterocycles. The fourth-order valence-corrected chi connectivity index (χ4v) is 7.81. The summed E-state index contributed by atoms with van der Waals surface area (Å²) in [6, 6.07) is 16.6. The number of piperidine rings is 1. The number of carbonyl (C=O) groups excluding carboxylic acids is 2. The molecule has 40 heavy (non-hydrogen) atoms. The highest BCUT2D eigenvalue weighted by Crippen LogP contribution is 2.46. The number of hydrogen-bond acceptors (Lipinski definition) is 9. The second-order valence-electron chi connectivity index (χ2n) is 8.97. The molecule has 214 valence electrons. The molecule has 1 aliphatic heterocycles. The minimum atomic E-state index is -3.41. The third-order valence-corrected chi connectivity index (χ3v) is 10.3. The monoisotopic (exact) mass is 651 g/mol. The highest BCUT2D eigenvalue weighted by Gasteiger charge is 2.29. The predicted molar refractivity (Wildman–Crippen MR) is 155 cm³/mol. The number of esters is 2. The Kier molecular flexibility index (Phi) is 10.2. The number of methoxy groups -OCH3 is 1. The summed E-state index contributed by atoms with van der Waals surface area (Å²) in [7, 11) is -2.13. The molecule has 1 aromatic heterocycles. The molecule has 1 aliphatic rings. The molecule has 12 heteroatoms. The van der Waals surface area contributed by atoms with Crippen molar-refractivity contribution in [3.63, 3.8) is 0 Å². The lowest BCUT2D eigenvalue weighted by Crippen LogP contribution is -2.42. The standard InChI is InChI=1S/C28H30BrNO8S2/c1-3-36-23(31)17-37-25-24(29)26(39-27(25)28(32)35-2)20-10-7-11-22(16-20)38-21-12-14-30(15-13-21)40(33,34)18-19-8-5-4-6-9-19/h4-11,16,21H,3,12-15,17-18H2,1-2H3. The number of sulfonamides is 1. The Morgan fingerprint density at radius 2 is 1.80 bits per heavy atom. The van der Waals surface area contributed by atoms with E-state index >= 15 is 0 Å². The molecule has 0 N–H and O–H groups in total. The molecule has 4 rings (SSSR count). The summed E-state index contributed by atoms with van der Waals surface area (Å²) in [6.07, 6.45) is 0.998. The first-order valence-corrected chi connectivity index (χ1v) is 15.9. The zero-order chi connectivity index (χ0) is 28.7. The van der Waals surface area contributed by atoms with Crippen LogP contribution in [0.3, 0.4) is 0 Å². The van der Waals surface area contributed by atoms with Gasteiger partial charge in [-0.1, -0.05) is 42.5 Å². The normalized spacial score (nSPS) is 14.5. The third kappa shape index (κ3) is 7.42. The van der Waals surface area contributed by atoms with Crippen LogP contribution in [0.1, 0.15) is 35.0 Å². The van der Waals surface area contributed by atoms with E-state index in [0.717, 1.165) is 11.1 Å². The highest BCUT2D eigenvalue weighted by molar-refractivity contribution is 9.10. The van der Waals surface area contributed by atoms with Crippen LogP contribution in [0.2, 0.25) is 0 Å². The van der Waals surface area contributed by atoms with Crippen LogP contribution in [-0.4, -0.2) is 64.2 Å². The van der Waals surface area contributed by atoms with Crippen molar-refractivity contribution < 1.29 is 37.0 Å². The van der Waals surface area contributed by atoms with Crippen molar-refractivity contribution in [2.75, 3.05) is 33.4 Å². The average Bonchev–Trinajstić information content (AvgIpc) is 3.28. The number of hydrogen-bond donors (Lipinski definition) is 0. The number of nitrogens with zero attached hydrogens (tertiary/aromatic N) is 1. The van der Waals surface area contributed by atoms with Gasteiger partial charge in [-0.3, -0.25) is 0 Å². The molecule has 0 aliphatic carbocycles. The van der Waals surface area contributed by atoms with Crippen LogP contribution in [0, 0.1) is 0 Å². The molecule has 2 aromatic carbocycles. The van der Waals surface area contributed by atoms with Crippen LogP contribution < -0.4 is 9.47 Å². The topological polar surface area (TPSA) is 108 Å². The van der Waals surface area contributed by atoms with Crippen LogP contribution in [0.25, 0.3) is 10.4 Å². The lowest BCUT2D eigenvalue weighted by Gasteiger charge is -2.31. The molecular formula is C28H30BrNO8S2. The van der Waals surface area contributed by atoms with Crippen molar-refractivity contribution in [3.05, 3.63) is 69.5 Å². The summed E-state index contributed by atoms with van der Waals surface area (Å²) in [5, 5.41) is 0. The first kappa shape index (κ1) is 30.0. The fourth-order valence-electron chi connectivity index (χ4n) is 4.28. The quantitative estimate of drug-likeness (QED) is 0.258. The number of thiophene rings is 1. The number of carbonyl (C=O) groups is 2. The van der Waals surface area contributed by atoms with Crippen molar-refractivity contribution in [3.8, 4) is 21.9 Å². The van der Waals surface area contributed by atoms with Gasteiger partial charge in [0.2, 0.25) is 10.0 Å². The fraction of sp³-hybridized carbons (Fsp3) is 0.357. The van der Waals surface area contributed by atoms with E-state index in [1.807, 2.05) is 54.6 Å². The minimum absolute atomic E-state index is 0.0177. The van der Waals surface area contributed by atoms with E-state index in [-0.39, 0.29) is 35.7 Å². The van der Waals surface area contributed by atoms with Gasteiger partial charge in [-0.05, 0) is 59.0 Å². The van der Waals surface area contributed by atoms with E-state index in [9.17, 15) is 18.0 Å². The lowest BCUT2D eigenvalue weighted by molar-refractivity contribution is -0.145. The maximum Gasteiger partial charge on any atom is 0.351 e. The van der Waals surface area contributed by atoms with Gasteiger partial charge >= 0.3 is 11.9 Å². The molecule has 0 atom stereocenters. The van der Waals surface area contributed by atoms with E-state index in [0.29, 0.717) is 41.0 Å². The Labute approximate surface area is 246 Å². The molecule has 0 radical (unpaired) electrons. The van der Waals surface area contributed by atoms with Crippen molar-refractivity contribution in [2.24, 2.45) is 0 Å². The maximum absolute atomic E-state index is 12.9. The number of benzene rings is 2. The van der Waals surface area contributed by atoms with Gasteiger partial charge in [0.1, 0.15) is 11.9 Å². The summed E-state index contributed by atoms with van der Waals surface area (Å²) in [6.45, 7) is 2.34. The Bertz CT molecular complexity index is 1430. The molecule has 0 bridgehead atoms. The molecule has 0 amide bonds. The maximum atomic E-state index is 12.9. The first-order valence-electron chi connectivity index (χ1n) is 12.7. The van der Waals surface area contributed by atoms with Crippen molar-refractivity contribution in [1.82, 2.24) is 4.31 Å². The Morgan fingerprint density at radius 1 is 1.07 bits per heavy atom. The Morgan fingerprint density at radius 3 is 2.48 bits per heavy atom. The minimum Gasteiger partial charge on any atom is -0.490 e. The van der Waals surface area contributed by atoms with Crippen LogP contribution in [0.5, 0.6) is 11.5 Å². The van der Waals surface area contributed by atoms with Crippen molar-refractivity contribution >= 4 is 49.2 Å². The molecule has 0 unspecified atom stereocenters. The predicted octanol–water partition coefficient (Wildman–Crippen LogP) is 5.28. The second-order valence-corrected chi connectivity index (χ2v) is 12.8. The van der Waals surface area contributed by atoms with Crippen LogP contribution in [0.4, 0.5) is 0 Å². The van der Waals surface area contributed by atoms with E-state index in [4.69, 9.17) is 18.9 Å². The van der Waals surface area contributed by atoms with Gasteiger partial charge in [-0.15, -0.1) is 11.3 Å². The summed E-state index contributed by atoms with van der Waals surface area (Å²) in [5.41, 5.74) is 1.54. The van der Waals surface area contributed by atoms with Crippen LogP contribution >= 0.6 is 27.3 Å². The van der Waals surface area contributed by atoms with Gasteiger partial charge in [0.25, 0.3) is 0 Å². The SMILES string of the molecule is CCOC(=O)COc1c(C(=O)OC)sc(-c2cccc(OC3CCN(S(=O)(=O)Cc4ccccc4)CC3)c2)c1Br. The zero-order valence-corrected chi connectivity index (χ0v) is 25.3. The highest BCUT2D eigenvalue weighted by atomic mass is 79.9.